The van der Waals surface area contributed by atoms with Crippen LogP contribution in [0.1, 0.15) is 27.6 Å². The Kier molecular flexibility index (Phi) is 8.95. The van der Waals surface area contributed by atoms with Gasteiger partial charge in [-0.05, 0) is 18.2 Å². The Hall–Kier alpha value is -4.40. The van der Waals surface area contributed by atoms with Gasteiger partial charge in [-0.15, -0.1) is 11.8 Å². The van der Waals surface area contributed by atoms with Gasteiger partial charge in [0.2, 0.25) is 5.75 Å². The van der Waals surface area contributed by atoms with E-state index in [-0.39, 0.29) is 57.6 Å². The number of ether oxygens (including phenoxy) is 4. The molecule has 4 rings (SSSR count). The number of phenolic OH excluding ortho intramolecular Hbond substituents is 8. The van der Waals surface area contributed by atoms with E-state index in [9.17, 15) is 45.6 Å². The van der Waals surface area contributed by atoms with E-state index in [2.05, 4.69) is 0 Å². The quantitative estimate of drug-likeness (QED) is 0.0735. The largest absolute Gasteiger partial charge is 0.508 e. The van der Waals surface area contributed by atoms with Gasteiger partial charge >= 0.3 is 5.97 Å². The maximum Gasteiger partial charge on any atom is 0.338 e. The molecule has 3 aromatic carbocycles. The number of methoxy groups -OCH3 is 1. The molecule has 3 aromatic rings. The zero-order valence-electron chi connectivity index (χ0n) is 21.6. The number of hydrogen-bond acceptors (Lipinski definition) is 14. The number of aromatic hydroxyl groups is 8. The van der Waals surface area contributed by atoms with Crippen LogP contribution in [0.2, 0.25) is 0 Å². The number of fused-ring (bicyclic) bond motifs is 1. The summed E-state index contributed by atoms with van der Waals surface area (Å²) < 4.78 is 22.1. The summed E-state index contributed by atoms with van der Waals surface area (Å²) >= 11 is 1.06. The predicted molar refractivity (Wildman–Crippen MR) is 142 cm³/mol. The first-order valence-electron chi connectivity index (χ1n) is 12.2. The van der Waals surface area contributed by atoms with E-state index in [0.717, 1.165) is 36.0 Å². The number of hydrogen-bond donors (Lipinski definition) is 8. The fourth-order valence-electron chi connectivity index (χ4n) is 4.20. The number of carbonyl (C=O) groups excluding carboxylic acids is 1. The molecule has 0 saturated carbocycles. The maximum atomic E-state index is 13.1. The topological polar surface area (TPSA) is 216 Å². The lowest BCUT2D eigenvalue weighted by atomic mass is 9.93. The molecule has 0 unspecified atom stereocenters. The average Bonchev–Trinajstić information content (AvgIpc) is 2.92. The zero-order chi connectivity index (χ0) is 29.8. The number of benzene rings is 3. The summed E-state index contributed by atoms with van der Waals surface area (Å²) in [6, 6.07) is 5.18. The molecule has 1 aliphatic heterocycles. The van der Waals surface area contributed by atoms with Crippen LogP contribution in [-0.4, -0.2) is 85.6 Å². The van der Waals surface area contributed by atoms with Gasteiger partial charge < -0.3 is 59.8 Å². The zero-order valence-corrected chi connectivity index (χ0v) is 22.4. The van der Waals surface area contributed by atoms with Crippen LogP contribution < -0.4 is 4.74 Å². The first-order valence-corrected chi connectivity index (χ1v) is 13.1. The number of rotatable bonds is 10. The van der Waals surface area contributed by atoms with Crippen molar-refractivity contribution in [3.8, 4) is 51.7 Å². The molecule has 0 bridgehead atoms. The van der Waals surface area contributed by atoms with Gasteiger partial charge in [0.1, 0.15) is 23.4 Å². The molecule has 0 aromatic heterocycles. The van der Waals surface area contributed by atoms with E-state index >= 15 is 0 Å². The third-order valence-electron chi connectivity index (χ3n) is 6.18. The van der Waals surface area contributed by atoms with E-state index < -0.39 is 52.7 Å². The molecule has 0 saturated heterocycles. The fourth-order valence-corrected chi connectivity index (χ4v) is 5.18. The molecule has 0 radical (unpaired) electrons. The smallest absolute Gasteiger partial charge is 0.338 e. The third kappa shape index (κ3) is 6.34. The van der Waals surface area contributed by atoms with E-state index in [0.29, 0.717) is 13.2 Å². The minimum atomic E-state index is -1.26. The van der Waals surface area contributed by atoms with Gasteiger partial charge in [0.25, 0.3) is 0 Å². The normalized spacial score (nSPS) is 16.1. The Balaban J connectivity index is 1.73. The monoisotopic (exact) mass is 592 g/mol. The Morgan fingerprint density at radius 2 is 1.54 bits per heavy atom. The molecule has 13 nitrogen and oxygen atoms in total. The summed E-state index contributed by atoms with van der Waals surface area (Å²) in [5.74, 6) is -5.90. The summed E-state index contributed by atoms with van der Waals surface area (Å²) in [6.07, 6.45) is -2.67. The Morgan fingerprint density at radius 3 is 2.22 bits per heavy atom. The van der Waals surface area contributed by atoms with Crippen LogP contribution in [0.5, 0.6) is 51.7 Å². The SMILES string of the molecule is COCCOCCSc1c([C@H]2Oc3cc(O)cc(O)c3C[C@H]2OC(=O)c2cc(O)c(O)c(O)c2)cc(O)c(O)c1O. The molecule has 8 N–H and O–H groups in total. The highest BCUT2D eigenvalue weighted by Crippen LogP contribution is 2.50. The van der Waals surface area contributed by atoms with Crippen LogP contribution >= 0.6 is 11.8 Å². The second-order valence-electron chi connectivity index (χ2n) is 8.96. The first kappa shape index (κ1) is 29.6. The van der Waals surface area contributed by atoms with Crippen molar-refractivity contribution in [2.45, 2.75) is 23.5 Å². The molecule has 1 aliphatic rings. The fraction of sp³-hybridized carbons (Fsp3) is 0.296. The Morgan fingerprint density at radius 1 is 0.854 bits per heavy atom. The van der Waals surface area contributed by atoms with Gasteiger partial charge in [0.05, 0.1) is 30.3 Å². The summed E-state index contributed by atoms with van der Waals surface area (Å²) in [4.78, 5) is 13.1. The Bertz CT molecular complexity index is 1420. The van der Waals surface area contributed by atoms with Gasteiger partial charge in [-0.25, -0.2) is 4.79 Å². The van der Waals surface area contributed by atoms with Crippen molar-refractivity contribution in [1.82, 2.24) is 0 Å². The van der Waals surface area contributed by atoms with Crippen molar-refractivity contribution < 1.29 is 64.6 Å². The van der Waals surface area contributed by atoms with Crippen LogP contribution in [0.25, 0.3) is 0 Å². The molecule has 0 aliphatic carbocycles. The molecule has 0 amide bonds. The van der Waals surface area contributed by atoms with Crippen molar-refractivity contribution in [1.29, 1.82) is 0 Å². The van der Waals surface area contributed by atoms with Crippen LogP contribution in [0, 0.1) is 0 Å². The second kappa shape index (κ2) is 12.4. The highest BCUT2D eigenvalue weighted by molar-refractivity contribution is 7.99. The minimum Gasteiger partial charge on any atom is -0.508 e. The van der Waals surface area contributed by atoms with E-state index in [1.54, 1.807) is 0 Å². The van der Waals surface area contributed by atoms with Crippen molar-refractivity contribution in [2.24, 2.45) is 0 Å². The molecule has 2 atom stereocenters. The molecule has 41 heavy (non-hydrogen) atoms. The van der Waals surface area contributed by atoms with E-state index in [1.165, 1.54) is 13.2 Å². The molecule has 14 heteroatoms. The van der Waals surface area contributed by atoms with Gasteiger partial charge in [-0.2, -0.15) is 0 Å². The molecular weight excluding hydrogens is 564 g/mol. The molecule has 0 spiro atoms. The van der Waals surface area contributed by atoms with Gasteiger partial charge in [-0.3, -0.25) is 0 Å². The molecular formula is C27H28O13S. The summed E-state index contributed by atoms with van der Waals surface area (Å²) in [5.41, 5.74) is -0.0416. The highest BCUT2D eigenvalue weighted by atomic mass is 32.2. The summed E-state index contributed by atoms with van der Waals surface area (Å²) in [5, 5.41) is 81.0. The maximum absolute atomic E-state index is 13.1. The molecule has 0 fully saturated rings. The lowest BCUT2D eigenvalue weighted by molar-refractivity contribution is -0.0197. The lowest BCUT2D eigenvalue weighted by Crippen LogP contribution is -2.35. The average molecular weight is 593 g/mol. The highest BCUT2D eigenvalue weighted by Gasteiger charge is 2.39. The number of carbonyl (C=O) groups is 1. The van der Waals surface area contributed by atoms with E-state index in [1.807, 2.05) is 0 Å². The van der Waals surface area contributed by atoms with Crippen molar-refractivity contribution in [3.05, 3.63) is 47.0 Å². The van der Waals surface area contributed by atoms with Gasteiger partial charge in [-0.1, -0.05) is 0 Å². The summed E-state index contributed by atoms with van der Waals surface area (Å²) in [6.45, 7) is 0.934. The molecule has 1 heterocycles. The minimum absolute atomic E-state index is 0.0330. The van der Waals surface area contributed by atoms with Crippen LogP contribution in [0.15, 0.2) is 35.2 Å². The van der Waals surface area contributed by atoms with Crippen molar-refractivity contribution >= 4 is 17.7 Å². The van der Waals surface area contributed by atoms with Gasteiger partial charge in [0.15, 0.2) is 34.9 Å². The Labute approximate surface area is 237 Å². The van der Waals surface area contributed by atoms with Gasteiger partial charge in [0, 0.05) is 42.5 Å². The second-order valence-corrected chi connectivity index (χ2v) is 10.1. The lowest BCUT2D eigenvalue weighted by Gasteiger charge is -2.35. The third-order valence-corrected chi connectivity index (χ3v) is 7.27. The molecule has 220 valence electrons. The van der Waals surface area contributed by atoms with Crippen LogP contribution in [0.4, 0.5) is 0 Å². The number of esters is 1. The standard InChI is InChI=1S/C27H28O13S/c1-37-2-3-38-4-5-41-26-15(10-19(32)23(34)24(26)35)25-21(11-14-16(29)8-13(28)9-20(14)39-25)40-27(36)12-6-17(30)22(33)18(31)7-12/h6-10,21,25,28-35H,2-5,11H2,1H3/t21-,25-/m1/s1. The first-order chi connectivity index (χ1) is 19.5. The number of phenols is 8. The predicted octanol–water partition coefficient (Wildman–Crippen LogP) is 2.99. The van der Waals surface area contributed by atoms with Crippen LogP contribution in [-0.2, 0) is 20.6 Å². The van der Waals surface area contributed by atoms with Crippen molar-refractivity contribution in [3.63, 3.8) is 0 Å². The summed E-state index contributed by atoms with van der Waals surface area (Å²) in [7, 11) is 1.53. The van der Waals surface area contributed by atoms with E-state index in [4.69, 9.17) is 18.9 Å². The number of thioether (sulfide) groups is 1. The van der Waals surface area contributed by atoms with Crippen LogP contribution in [0.3, 0.4) is 0 Å². The van der Waals surface area contributed by atoms with Crippen molar-refractivity contribution in [2.75, 3.05) is 32.7 Å².